The first-order valence-corrected chi connectivity index (χ1v) is 12.2. The summed E-state index contributed by atoms with van der Waals surface area (Å²) >= 11 is 0. The highest BCUT2D eigenvalue weighted by atomic mass is 32.2. The average molecular weight is 470 g/mol. The van der Waals surface area contributed by atoms with E-state index in [0.717, 1.165) is 23.7 Å². The van der Waals surface area contributed by atoms with Crippen molar-refractivity contribution in [2.45, 2.75) is 36.6 Å². The molecule has 3 heterocycles. The molecule has 1 aromatic carbocycles. The SMILES string of the molecule is NC(=O)C1CCCN(c2ccc(NC(=O)c3ccc4c(c3)S(=O)(=O)N(C3CC3)C4=O)cn2)C1. The van der Waals surface area contributed by atoms with Crippen LogP contribution in [-0.4, -0.2) is 54.6 Å². The number of carbonyl (C=O) groups is 3. The Morgan fingerprint density at radius 2 is 1.91 bits per heavy atom. The van der Waals surface area contributed by atoms with Crippen LogP contribution in [0.3, 0.4) is 0 Å². The zero-order valence-electron chi connectivity index (χ0n) is 17.7. The summed E-state index contributed by atoms with van der Waals surface area (Å²) in [7, 11) is -3.94. The van der Waals surface area contributed by atoms with Crippen molar-refractivity contribution < 1.29 is 22.8 Å². The van der Waals surface area contributed by atoms with Gasteiger partial charge in [0.15, 0.2) is 0 Å². The molecule has 2 fully saturated rings. The van der Waals surface area contributed by atoms with Crippen molar-refractivity contribution in [3.8, 4) is 0 Å². The van der Waals surface area contributed by atoms with Gasteiger partial charge in [-0.2, -0.15) is 0 Å². The lowest BCUT2D eigenvalue weighted by atomic mass is 9.97. The second-order valence-corrected chi connectivity index (χ2v) is 10.4. The van der Waals surface area contributed by atoms with E-state index in [1.54, 1.807) is 12.1 Å². The van der Waals surface area contributed by atoms with Gasteiger partial charge in [-0.05, 0) is 56.0 Å². The minimum Gasteiger partial charge on any atom is -0.369 e. The molecule has 1 unspecified atom stereocenters. The number of pyridine rings is 1. The molecule has 1 saturated heterocycles. The number of carbonyl (C=O) groups excluding carboxylic acids is 3. The van der Waals surface area contributed by atoms with E-state index in [-0.39, 0.29) is 33.9 Å². The third-order valence-corrected chi connectivity index (χ3v) is 8.12. The molecule has 3 aliphatic rings. The van der Waals surface area contributed by atoms with Crippen molar-refractivity contribution in [2.24, 2.45) is 11.7 Å². The lowest BCUT2D eigenvalue weighted by Gasteiger charge is -2.32. The second-order valence-electron chi connectivity index (χ2n) is 8.59. The van der Waals surface area contributed by atoms with E-state index >= 15 is 0 Å². The van der Waals surface area contributed by atoms with Crippen LogP contribution in [0, 0.1) is 5.92 Å². The minimum atomic E-state index is -3.94. The molecule has 2 aromatic rings. The number of primary amides is 1. The summed E-state index contributed by atoms with van der Waals surface area (Å²) in [5, 5.41) is 2.70. The summed E-state index contributed by atoms with van der Waals surface area (Å²) in [6.45, 7) is 1.27. The Morgan fingerprint density at radius 3 is 2.58 bits per heavy atom. The highest BCUT2D eigenvalue weighted by Gasteiger charge is 2.48. The summed E-state index contributed by atoms with van der Waals surface area (Å²) in [6, 6.07) is 7.24. The van der Waals surface area contributed by atoms with Crippen LogP contribution in [0.15, 0.2) is 41.4 Å². The number of hydrogen-bond donors (Lipinski definition) is 2. The number of nitrogens with zero attached hydrogens (tertiary/aromatic N) is 3. The maximum atomic E-state index is 12.8. The van der Waals surface area contributed by atoms with Crippen molar-refractivity contribution >= 4 is 39.3 Å². The molecule has 1 aliphatic carbocycles. The highest BCUT2D eigenvalue weighted by Crippen LogP contribution is 2.39. The van der Waals surface area contributed by atoms with Crippen LogP contribution in [0.25, 0.3) is 0 Å². The number of sulfonamides is 1. The van der Waals surface area contributed by atoms with E-state index in [1.165, 1.54) is 24.4 Å². The zero-order chi connectivity index (χ0) is 23.3. The van der Waals surface area contributed by atoms with Gasteiger partial charge in [0.25, 0.3) is 21.8 Å². The first kappa shape index (κ1) is 21.4. The first-order chi connectivity index (χ1) is 15.8. The van der Waals surface area contributed by atoms with E-state index in [9.17, 15) is 22.8 Å². The Bertz CT molecular complexity index is 1260. The van der Waals surface area contributed by atoms with Crippen molar-refractivity contribution in [3.05, 3.63) is 47.7 Å². The van der Waals surface area contributed by atoms with Gasteiger partial charge in [0.2, 0.25) is 5.91 Å². The van der Waals surface area contributed by atoms with E-state index in [1.807, 2.05) is 4.90 Å². The third kappa shape index (κ3) is 3.82. The second kappa shape index (κ2) is 7.84. The van der Waals surface area contributed by atoms with Gasteiger partial charge >= 0.3 is 0 Å². The van der Waals surface area contributed by atoms with Crippen LogP contribution in [0.1, 0.15) is 46.4 Å². The number of aromatic nitrogens is 1. The molecule has 33 heavy (non-hydrogen) atoms. The largest absolute Gasteiger partial charge is 0.369 e. The normalized spacial score (nSPS) is 21.6. The van der Waals surface area contributed by atoms with E-state index in [2.05, 4.69) is 10.3 Å². The fraction of sp³-hybridized carbons (Fsp3) is 0.364. The molecule has 5 rings (SSSR count). The van der Waals surface area contributed by atoms with E-state index in [4.69, 9.17) is 5.73 Å². The monoisotopic (exact) mass is 469 g/mol. The van der Waals surface area contributed by atoms with Crippen molar-refractivity contribution in [3.63, 3.8) is 0 Å². The molecule has 3 N–H and O–H groups in total. The van der Waals surface area contributed by atoms with Gasteiger partial charge in [-0.25, -0.2) is 17.7 Å². The van der Waals surface area contributed by atoms with Crippen molar-refractivity contribution in [1.82, 2.24) is 9.29 Å². The zero-order valence-corrected chi connectivity index (χ0v) is 18.5. The van der Waals surface area contributed by atoms with Gasteiger partial charge in [0.05, 0.1) is 23.4 Å². The number of rotatable bonds is 5. The maximum Gasteiger partial charge on any atom is 0.269 e. The van der Waals surface area contributed by atoms with Gasteiger partial charge < -0.3 is 16.0 Å². The summed E-state index contributed by atoms with van der Waals surface area (Å²) in [4.78, 5) is 43.0. The van der Waals surface area contributed by atoms with Crippen LogP contribution < -0.4 is 16.0 Å². The third-order valence-electron chi connectivity index (χ3n) is 6.24. The number of benzene rings is 1. The number of nitrogens with one attached hydrogen (secondary N) is 1. The van der Waals surface area contributed by atoms with Gasteiger partial charge in [-0.3, -0.25) is 14.4 Å². The number of hydrogen-bond acceptors (Lipinski definition) is 7. The molecular weight excluding hydrogens is 446 g/mol. The lowest BCUT2D eigenvalue weighted by Crippen LogP contribution is -2.41. The maximum absolute atomic E-state index is 12.8. The van der Waals surface area contributed by atoms with E-state index < -0.39 is 21.8 Å². The quantitative estimate of drug-likeness (QED) is 0.673. The number of piperidine rings is 1. The predicted molar refractivity (Wildman–Crippen MR) is 119 cm³/mol. The summed E-state index contributed by atoms with van der Waals surface area (Å²) in [5.41, 5.74) is 6.10. The molecule has 0 bridgehead atoms. The van der Waals surface area contributed by atoms with Gasteiger partial charge in [0.1, 0.15) is 10.7 Å². The van der Waals surface area contributed by atoms with Crippen molar-refractivity contribution in [1.29, 1.82) is 0 Å². The fourth-order valence-corrected chi connectivity index (χ4v) is 6.17. The average Bonchev–Trinajstić information content (AvgIpc) is 3.61. The van der Waals surface area contributed by atoms with E-state index in [0.29, 0.717) is 30.9 Å². The number of anilines is 2. The molecule has 2 aliphatic heterocycles. The van der Waals surface area contributed by atoms with Crippen LogP contribution in [0.2, 0.25) is 0 Å². The van der Waals surface area contributed by atoms with Gasteiger partial charge in [0, 0.05) is 24.7 Å². The molecule has 172 valence electrons. The van der Waals surface area contributed by atoms with Crippen LogP contribution in [0.5, 0.6) is 0 Å². The van der Waals surface area contributed by atoms with Gasteiger partial charge in [-0.15, -0.1) is 0 Å². The van der Waals surface area contributed by atoms with Crippen LogP contribution >= 0.6 is 0 Å². The Labute approximate surface area is 190 Å². The smallest absolute Gasteiger partial charge is 0.269 e. The Morgan fingerprint density at radius 1 is 1.12 bits per heavy atom. The highest BCUT2D eigenvalue weighted by molar-refractivity contribution is 7.90. The minimum absolute atomic E-state index is 0.0975. The predicted octanol–water partition coefficient (Wildman–Crippen LogP) is 1.34. The summed E-state index contributed by atoms with van der Waals surface area (Å²) in [5.74, 6) is -0.885. The molecule has 11 heteroatoms. The molecule has 1 aromatic heterocycles. The number of amides is 3. The Balaban J connectivity index is 1.30. The van der Waals surface area contributed by atoms with Gasteiger partial charge in [-0.1, -0.05) is 0 Å². The van der Waals surface area contributed by atoms with Crippen LogP contribution in [-0.2, 0) is 14.8 Å². The number of fused-ring (bicyclic) bond motifs is 1. The molecule has 1 atom stereocenters. The Hall–Kier alpha value is -3.47. The summed E-state index contributed by atoms with van der Waals surface area (Å²) < 4.78 is 26.5. The lowest BCUT2D eigenvalue weighted by molar-refractivity contribution is -0.122. The topological polar surface area (TPSA) is 143 Å². The molecule has 3 amide bonds. The van der Waals surface area contributed by atoms with Crippen LogP contribution in [0.4, 0.5) is 11.5 Å². The molecule has 0 radical (unpaired) electrons. The molecule has 10 nitrogen and oxygen atoms in total. The standard InChI is InChI=1S/C22H23N5O5S/c23-20(28)14-2-1-9-26(12-14)19-8-4-15(11-24-19)25-21(29)13-3-7-17-18(10-13)33(31,32)27(22(17)30)16-5-6-16/h3-4,7-8,10-11,14,16H,1-2,5-6,9,12H2,(H2,23,28)(H,25,29). The van der Waals surface area contributed by atoms with Crippen molar-refractivity contribution in [2.75, 3.05) is 23.3 Å². The molecular formula is C22H23N5O5S. The fourth-order valence-electron chi connectivity index (χ4n) is 4.33. The summed E-state index contributed by atoms with van der Waals surface area (Å²) in [6.07, 6.45) is 4.44. The first-order valence-electron chi connectivity index (χ1n) is 10.8. The number of nitrogens with two attached hydrogens (primary N) is 1. The molecule has 1 saturated carbocycles. The Kier molecular flexibility index (Phi) is 5.08. The molecule has 0 spiro atoms.